The van der Waals surface area contributed by atoms with Gasteiger partial charge in [-0.2, -0.15) is 0 Å². The Bertz CT molecular complexity index is 317. The third-order valence-electron chi connectivity index (χ3n) is 1.24. The lowest BCUT2D eigenvalue weighted by Gasteiger charge is -1.81. The SMILES string of the molecule is O=Cc1occc1C#CCCCl. The Labute approximate surface area is 75.5 Å². The number of hydrogen-bond donors (Lipinski definition) is 0. The van der Waals surface area contributed by atoms with Gasteiger partial charge in [0.2, 0.25) is 0 Å². The van der Waals surface area contributed by atoms with Gasteiger partial charge < -0.3 is 4.42 Å². The van der Waals surface area contributed by atoms with Crippen LogP contribution in [0.3, 0.4) is 0 Å². The Hall–Kier alpha value is -1.20. The maximum atomic E-state index is 10.3. The van der Waals surface area contributed by atoms with E-state index in [1.54, 1.807) is 6.07 Å². The molecule has 0 spiro atoms. The average molecular weight is 183 g/mol. The van der Waals surface area contributed by atoms with Crippen LogP contribution in [0.5, 0.6) is 0 Å². The van der Waals surface area contributed by atoms with E-state index >= 15 is 0 Å². The van der Waals surface area contributed by atoms with Gasteiger partial charge in [0.25, 0.3) is 0 Å². The molecule has 1 rings (SSSR count). The van der Waals surface area contributed by atoms with Gasteiger partial charge in [0.05, 0.1) is 11.8 Å². The van der Waals surface area contributed by atoms with Gasteiger partial charge in [0.15, 0.2) is 12.0 Å². The maximum absolute atomic E-state index is 10.3. The van der Waals surface area contributed by atoms with Crippen molar-refractivity contribution in [3.8, 4) is 11.8 Å². The van der Waals surface area contributed by atoms with E-state index in [-0.39, 0.29) is 5.76 Å². The van der Waals surface area contributed by atoms with E-state index in [2.05, 4.69) is 11.8 Å². The van der Waals surface area contributed by atoms with Gasteiger partial charge in [-0.15, -0.1) is 11.6 Å². The fraction of sp³-hybridized carbons (Fsp3) is 0.222. The third-order valence-corrected chi connectivity index (χ3v) is 1.43. The van der Waals surface area contributed by atoms with Crippen LogP contribution in [-0.4, -0.2) is 12.2 Å². The van der Waals surface area contributed by atoms with E-state index in [0.717, 1.165) is 0 Å². The molecule has 12 heavy (non-hydrogen) atoms. The molecule has 0 N–H and O–H groups in total. The van der Waals surface area contributed by atoms with Gasteiger partial charge in [-0.3, -0.25) is 4.79 Å². The van der Waals surface area contributed by atoms with Gasteiger partial charge >= 0.3 is 0 Å². The minimum atomic E-state index is 0.275. The molecule has 0 unspecified atom stereocenters. The summed E-state index contributed by atoms with van der Waals surface area (Å²) in [5, 5.41) is 0. The zero-order chi connectivity index (χ0) is 8.81. The molecule has 1 aromatic rings. The lowest BCUT2D eigenvalue weighted by Crippen LogP contribution is -1.78. The van der Waals surface area contributed by atoms with Crippen LogP contribution in [-0.2, 0) is 0 Å². The summed E-state index contributed by atoms with van der Waals surface area (Å²) in [6.45, 7) is 0. The minimum absolute atomic E-state index is 0.275. The molecule has 0 fully saturated rings. The van der Waals surface area contributed by atoms with Crippen LogP contribution in [0.1, 0.15) is 22.5 Å². The third kappa shape index (κ3) is 2.14. The van der Waals surface area contributed by atoms with Gasteiger partial charge in [-0.25, -0.2) is 0 Å². The summed E-state index contributed by atoms with van der Waals surface area (Å²) >= 11 is 5.42. The largest absolute Gasteiger partial charge is 0.460 e. The molecular weight excluding hydrogens is 176 g/mol. The predicted octanol–water partition coefficient (Wildman–Crippen LogP) is 2.07. The van der Waals surface area contributed by atoms with Crippen LogP contribution in [0.15, 0.2) is 16.7 Å². The smallest absolute Gasteiger partial charge is 0.186 e. The second-order valence-electron chi connectivity index (χ2n) is 2.06. The fourth-order valence-corrected chi connectivity index (χ4v) is 0.815. The van der Waals surface area contributed by atoms with Crippen LogP contribution in [0.4, 0.5) is 0 Å². The summed E-state index contributed by atoms with van der Waals surface area (Å²) in [5.74, 6) is 6.37. The Morgan fingerprint density at radius 2 is 2.50 bits per heavy atom. The summed E-state index contributed by atoms with van der Waals surface area (Å²) in [5.41, 5.74) is 0.620. The Morgan fingerprint density at radius 1 is 1.67 bits per heavy atom. The zero-order valence-electron chi connectivity index (χ0n) is 6.34. The standard InChI is InChI=1S/C9H7ClO2/c10-5-2-1-3-8-4-6-12-9(8)7-11/h4,6-7H,2,5H2. The maximum Gasteiger partial charge on any atom is 0.186 e. The van der Waals surface area contributed by atoms with E-state index in [4.69, 9.17) is 16.0 Å². The molecule has 62 valence electrons. The molecule has 0 aliphatic heterocycles. The molecule has 0 radical (unpaired) electrons. The van der Waals surface area contributed by atoms with Gasteiger partial charge in [-0.1, -0.05) is 11.8 Å². The van der Waals surface area contributed by atoms with Crippen LogP contribution < -0.4 is 0 Å². The van der Waals surface area contributed by atoms with Crippen molar-refractivity contribution in [2.24, 2.45) is 0 Å². The normalized spacial score (nSPS) is 8.75. The first-order chi connectivity index (χ1) is 5.88. The Morgan fingerprint density at radius 3 is 3.17 bits per heavy atom. The highest BCUT2D eigenvalue weighted by Gasteiger charge is 1.99. The first-order valence-corrected chi connectivity index (χ1v) is 3.99. The van der Waals surface area contributed by atoms with Crippen molar-refractivity contribution >= 4 is 17.9 Å². The number of rotatable bonds is 2. The van der Waals surface area contributed by atoms with E-state index < -0.39 is 0 Å². The lowest BCUT2D eigenvalue weighted by atomic mass is 10.2. The summed E-state index contributed by atoms with van der Waals surface area (Å²) in [6, 6.07) is 1.66. The molecule has 1 aromatic heterocycles. The number of hydrogen-bond acceptors (Lipinski definition) is 2. The number of halogens is 1. The predicted molar refractivity (Wildman–Crippen MR) is 46.3 cm³/mol. The number of aldehydes is 1. The van der Waals surface area contributed by atoms with Crippen molar-refractivity contribution in [2.45, 2.75) is 6.42 Å². The molecular formula is C9H7ClO2. The van der Waals surface area contributed by atoms with Gasteiger partial charge in [0, 0.05) is 12.3 Å². The van der Waals surface area contributed by atoms with E-state index in [9.17, 15) is 4.79 Å². The molecule has 0 saturated heterocycles. The van der Waals surface area contributed by atoms with E-state index in [1.807, 2.05) is 0 Å². The summed E-state index contributed by atoms with van der Waals surface area (Å²) in [6.07, 6.45) is 2.70. The molecule has 0 saturated carbocycles. The van der Waals surface area contributed by atoms with Crippen LogP contribution in [0.2, 0.25) is 0 Å². The number of carbonyl (C=O) groups excluding carboxylic acids is 1. The molecule has 1 heterocycles. The second kappa shape index (κ2) is 4.63. The lowest BCUT2D eigenvalue weighted by molar-refractivity contribution is 0.110. The number of furan rings is 1. The van der Waals surface area contributed by atoms with Crippen molar-refractivity contribution in [3.63, 3.8) is 0 Å². The van der Waals surface area contributed by atoms with E-state index in [1.165, 1.54) is 6.26 Å². The highest BCUT2D eigenvalue weighted by atomic mass is 35.5. The van der Waals surface area contributed by atoms with Crippen molar-refractivity contribution in [1.82, 2.24) is 0 Å². The quantitative estimate of drug-likeness (QED) is 0.398. The Balaban J connectivity index is 2.76. The molecule has 0 aromatic carbocycles. The van der Waals surface area contributed by atoms with Crippen LogP contribution >= 0.6 is 11.6 Å². The summed E-state index contributed by atoms with van der Waals surface area (Å²) in [4.78, 5) is 10.3. The van der Waals surface area contributed by atoms with Gasteiger partial charge in [-0.05, 0) is 6.07 Å². The number of alkyl halides is 1. The van der Waals surface area contributed by atoms with Crippen LogP contribution in [0, 0.1) is 11.8 Å². The molecule has 0 aliphatic rings. The molecule has 0 bridgehead atoms. The van der Waals surface area contributed by atoms with Gasteiger partial charge in [0.1, 0.15) is 0 Å². The number of carbonyl (C=O) groups is 1. The van der Waals surface area contributed by atoms with E-state index in [0.29, 0.717) is 24.2 Å². The van der Waals surface area contributed by atoms with Crippen LogP contribution in [0.25, 0.3) is 0 Å². The zero-order valence-corrected chi connectivity index (χ0v) is 7.10. The van der Waals surface area contributed by atoms with Crippen molar-refractivity contribution in [1.29, 1.82) is 0 Å². The monoisotopic (exact) mass is 182 g/mol. The van der Waals surface area contributed by atoms with Crippen molar-refractivity contribution < 1.29 is 9.21 Å². The Kier molecular flexibility index (Phi) is 3.43. The first-order valence-electron chi connectivity index (χ1n) is 3.46. The van der Waals surface area contributed by atoms with Crippen molar-refractivity contribution in [3.05, 3.63) is 23.7 Å². The molecule has 0 atom stereocenters. The minimum Gasteiger partial charge on any atom is -0.460 e. The molecule has 2 nitrogen and oxygen atoms in total. The first kappa shape index (κ1) is 8.89. The summed E-state index contributed by atoms with van der Waals surface area (Å²) in [7, 11) is 0. The molecule has 0 aliphatic carbocycles. The molecule has 3 heteroatoms. The fourth-order valence-electron chi connectivity index (χ4n) is 0.720. The highest BCUT2D eigenvalue weighted by Crippen LogP contribution is 2.05. The molecule has 0 amide bonds. The second-order valence-corrected chi connectivity index (χ2v) is 2.44. The summed E-state index contributed by atoms with van der Waals surface area (Å²) < 4.78 is 4.84. The highest BCUT2D eigenvalue weighted by molar-refractivity contribution is 6.18. The average Bonchev–Trinajstić information content (AvgIpc) is 2.52. The topological polar surface area (TPSA) is 30.2 Å². The van der Waals surface area contributed by atoms with Crippen molar-refractivity contribution in [2.75, 3.05) is 5.88 Å².